The number of aliphatic imine (C=N–C) groups is 1. The second-order valence-corrected chi connectivity index (χ2v) is 9.78. The fourth-order valence-electron chi connectivity index (χ4n) is 2.57. The lowest BCUT2D eigenvalue weighted by Crippen LogP contribution is -2.40. The van der Waals surface area contributed by atoms with E-state index < -0.39 is 36.2 Å². The molecule has 164 valence electrons. The van der Waals surface area contributed by atoms with Crippen LogP contribution in [0.25, 0.3) is 10.8 Å². The topological polar surface area (TPSA) is 133 Å². The summed E-state index contributed by atoms with van der Waals surface area (Å²) in [6.45, 7) is 0. The van der Waals surface area contributed by atoms with Gasteiger partial charge in [-0.05, 0) is 35.0 Å². The number of hydrogen-bond donors (Lipinski definition) is 3. The molecule has 0 aromatic heterocycles. The zero-order valence-corrected chi connectivity index (χ0v) is 16.8. The number of hydrogen-bond acceptors (Lipinski definition) is 7. The molecule has 0 saturated carbocycles. The van der Waals surface area contributed by atoms with E-state index in [-0.39, 0.29) is 17.0 Å². The summed E-state index contributed by atoms with van der Waals surface area (Å²) < 4.78 is 84.6. The van der Waals surface area contributed by atoms with Crippen LogP contribution in [0.1, 0.15) is 5.56 Å². The monoisotopic (exact) mass is 474 g/mol. The van der Waals surface area contributed by atoms with E-state index in [4.69, 9.17) is 0 Å². The van der Waals surface area contributed by atoms with Gasteiger partial charge in [0.05, 0.1) is 4.90 Å². The highest BCUT2D eigenvalue weighted by atomic mass is 32.3. The Kier molecular flexibility index (Phi) is 5.69. The highest BCUT2D eigenvalue weighted by Gasteiger charge is 2.48. The lowest BCUT2D eigenvalue weighted by molar-refractivity contribution is -0.0441. The summed E-state index contributed by atoms with van der Waals surface area (Å²) in [5.74, 6) is -0.697. The second kappa shape index (κ2) is 7.83. The molecule has 3 N–H and O–H groups in total. The van der Waals surface area contributed by atoms with E-state index in [1.54, 1.807) is 30.3 Å². The lowest BCUT2D eigenvalue weighted by atomic mass is 10.0. The predicted molar refractivity (Wildman–Crippen MR) is 106 cm³/mol. The Labute approximate surface area is 174 Å². The minimum Gasteiger partial charge on any atom is -0.507 e. The number of nitrogens with one attached hydrogen (secondary N) is 1. The summed E-state index contributed by atoms with van der Waals surface area (Å²) >= 11 is 0. The molecule has 13 heteroatoms. The molecule has 0 fully saturated rings. The first-order chi connectivity index (χ1) is 14.3. The highest BCUT2D eigenvalue weighted by molar-refractivity contribution is 8.05. The van der Waals surface area contributed by atoms with E-state index in [1.807, 2.05) is 0 Å². The van der Waals surface area contributed by atoms with Crippen molar-refractivity contribution in [3.8, 4) is 11.5 Å². The minimum atomic E-state index is -6.18. The maximum Gasteiger partial charge on any atom is 0.512 e. The molecule has 0 unspecified atom stereocenters. The fraction of sp³-hybridized carbons (Fsp3) is 0.0556. The largest absolute Gasteiger partial charge is 0.512 e. The predicted octanol–water partition coefficient (Wildman–Crippen LogP) is 3.13. The van der Waals surface area contributed by atoms with Crippen LogP contribution in [0, 0.1) is 0 Å². The molecule has 0 amide bonds. The van der Waals surface area contributed by atoms with Gasteiger partial charge >= 0.3 is 15.5 Å². The van der Waals surface area contributed by atoms with Gasteiger partial charge in [-0.15, -0.1) is 0 Å². The number of alkyl halides is 3. The number of benzene rings is 3. The third-order valence-electron chi connectivity index (χ3n) is 4.06. The van der Waals surface area contributed by atoms with E-state index in [2.05, 4.69) is 4.99 Å². The standard InChI is InChI=1S/C18H13F3N2O6S2/c19-18(20,21)31(28,29)23-30(26,27)12-6-8-17(25)15(9-12)22-10-14-13-4-2-1-3-11(13)5-7-16(14)24/h1-10,23-25H. The number of nitrogens with zero attached hydrogens (tertiary/aromatic N) is 1. The van der Waals surface area contributed by atoms with Crippen LogP contribution in [-0.4, -0.2) is 38.8 Å². The first kappa shape index (κ1) is 22.5. The van der Waals surface area contributed by atoms with Gasteiger partial charge in [-0.1, -0.05) is 34.5 Å². The van der Waals surface area contributed by atoms with Crippen LogP contribution in [0.5, 0.6) is 11.5 Å². The van der Waals surface area contributed by atoms with E-state index >= 15 is 0 Å². The Balaban J connectivity index is 2.03. The van der Waals surface area contributed by atoms with Crippen molar-refractivity contribution < 1.29 is 40.2 Å². The molecule has 0 saturated heterocycles. The van der Waals surface area contributed by atoms with Crippen LogP contribution in [0.2, 0.25) is 0 Å². The molecule has 3 rings (SSSR count). The number of fused-ring (bicyclic) bond motifs is 1. The molecule has 3 aromatic carbocycles. The summed E-state index contributed by atoms with van der Waals surface area (Å²) in [5.41, 5.74) is -5.99. The van der Waals surface area contributed by atoms with Gasteiger partial charge in [-0.25, -0.2) is 16.8 Å². The fourth-order valence-corrected chi connectivity index (χ4v) is 5.00. The SMILES string of the molecule is O=S(=O)(NS(=O)(=O)C(F)(F)F)c1ccc(O)c(N=Cc2c(O)ccc3ccccc23)c1. The van der Waals surface area contributed by atoms with Crippen molar-refractivity contribution in [2.45, 2.75) is 10.4 Å². The molecule has 0 heterocycles. The Morgan fingerprint density at radius 3 is 2.23 bits per heavy atom. The van der Waals surface area contributed by atoms with Gasteiger partial charge in [0, 0.05) is 11.8 Å². The highest BCUT2D eigenvalue weighted by Crippen LogP contribution is 2.32. The molecule has 0 spiro atoms. The number of halogens is 3. The number of sulfonamides is 2. The molecular formula is C18H13F3N2O6S2. The summed E-state index contributed by atoms with van der Waals surface area (Å²) in [6, 6.07) is 12.2. The van der Waals surface area contributed by atoms with Crippen LogP contribution in [0.15, 0.2) is 64.5 Å². The van der Waals surface area contributed by atoms with E-state index in [1.165, 1.54) is 6.07 Å². The average molecular weight is 474 g/mol. The quantitative estimate of drug-likeness (QED) is 0.487. The molecule has 0 bridgehead atoms. The maximum absolute atomic E-state index is 12.5. The number of phenolic OH excluding ortho intramolecular Hbond substituents is 2. The number of rotatable bonds is 5. The molecule has 0 aliphatic carbocycles. The van der Waals surface area contributed by atoms with Gasteiger partial charge < -0.3 is 10.2 Å². The molecule has 0 radical (unpaired) electrons. The first-order valence-corrected chi connectivity index (χ1v) is 11.2. The molecule has 0 aliphatic heterocycles. The van der Waals surface area contributed by atoms with Gasteiger partial charge in [-0.3, -0.25) is 4.99 Å². The molecule has 0 aliphatic rings. The van der Waals surface area contributed by atoms with Crippen molar-refractivity contribution >= 4 is 42.7 Å². The summed E-state index contributed by atoms with van der Waals surface area (Å²) in [5, 5.41) is 21.4. The van der Waals surface area contributed by atoms with Gasteiger partial charge in [0.2, 0.25) is 0 Å². The van der Waals surface area contributed by atoms with Crippen molar-refractivity contribution in [1.29, 1.82) is 0 Å². The van der Waals surface area contributed by atoms with Gasteiger partial charge in [0.1, 0.15) is 17.2 Å². The third kappa shape index (κ3) is 4.62. The molecule has 31 heavy (non-hydrogen) atoms. The van der Waals surface area contributed by atoms with Crippen molar-refractivity contribution in [2.24, 2.45) is 4.99 Å². The van der Waals surface area contributed by atoms with E-state index in [0.717, 1.165) is 17.7 Å². The van der Waals surface area contributed by atoms with Crippen LogP contribution < -0.4 is 4.13 Å². The van der Waals surface area contributed by atoms with Crippen molar-refractivity contribution in [2.75, 3.05) is 0 Å². The normalized spacial score (nSPS) is 13.1. The van der Waals surface area contributed by atoms with E-state index in [0.29, 0.717) is 21.6 Å². The zero-order chi connectivity index (χ0) is 23.0. The van der Waals surface area contributed by atoms with Crippen LogP contribution in [0.4, 0.5) is 18.9 Å². The van der Waals surface area contributed by atoms with Gasteiger partial charge in [-0.2, -0.15) is 13.2 Å². The second-order valence-electron chi connectivity index (χ2n) is 6.16. The molecular weight excluding hydrogens is 461 g/mol. The Hall–Kier alpha value is -3.16. The van der Waals surface area contributed by atoms with Crippen molar-refractivity contribution in [3.05, 3.63) is 60.2 Å². The molecule has 0 atom stereocenters. The Morgan fingerprint density at radius 1 is 0.903 bits per heavy atom. The van der Waals surface area contributed by atoms with Crippen molar-refractivity contribution in [1.82, 2.24) is 4.13 Å². The van der Waals surface area contributed by atoms with Crippen LogP contribution in [0.3, 0.4) is 0 Å². The van der Waals surface area contributed by atoms with Crippen molar-refractivity contribution in [3.63, 3.8) is 0 Å². The summed E-state index contributed by atoms with van der Waals surface area (Å²) in [7, 11) is -11.3. The summed E-state index contributed by atoms with van der Waals surface area (Å²) in [6.07, 6.45) is 1.13. The summed E-state index contributed by atoms with van der Waals surface area (Å²) in [4.78, 5) is 3.03. The smallest absolute Gasteiger partial charge is 0.507 e. The van der Waals surface area contributed by atoms with Crippen LogP contribution >= 0.6 is 0 Å². The maximum atomic E-state index is 12.5. The number of aromatic hydroxyl groups is 2. The first-order valence-electron chi connectivity index (χ1n) is 8.24. The molecule has 8 nitrogen and oxygen atoms in total. The number of phenols is 2. The third-order valence-corrected chi connectivity index (χ3v) is 7.30. The van der Waals surface area contributed by atoms with Gasteiger partial charge in [0.15, 0.2) is 0 Å². The molecule has 3 aromatic rings. The van der Waals surface area contributed by atoms with Gasteiger partial charge in [0.25, 0.3) is 10.0 Å². The lowest BCUT2D eigenvalue weighted by Gasteiger charge is -2.11. The Bertz CT molecular complexity index is 1400. The average Bonchev–Trinajstić information content (AvgIpc) is 2.66. The van der Waals surface area contributed by atoms with Crippen LogP contribution in [-0.2, 0) is 20.0 Å². The zero-order valence-electron chi connectivity index (χ0n) is 15.2. The minimum absolute atomic E-state index is 0.163. The Morgan fingerprint density at radius 2 is 1.55 bits per heavy atom. The van der Waals surface area contributed by atoms with E-state index in [9.17, 15) is 40.2 Å².